The lowest BCUT2D eigenvalue weighted by molar-refractivity contribution is 0.966. The van der Waals surface area contributed by atoms with E-state index in [1.54, 1.807) is 11.8 Å². The second kappa shape index (κ2) is 4.56. The molecule has 0 fully saturated rings. The van der Waals surface area contributed by atoms with Crippen molar-refractivity contribution in [2.45, 2.75) is 18.5 Å². The van der Waals surface area contributed by atoms with E-state index >= 15 is 0 Å². The van der Waals surface area contributed by atoms with Crippen molar-refractivity contribution in [3.05, 3.63) is 0 Å². The molecule has 0 unspecified atom stereocenters. The summed E-state index contributed by atoms with van der Waals surface area (Å²) in [4.78, 5) is 4.23. The van der Waals surface area contributed by atoms with Gasteiger partial charge in [0.25, 0.3) is 0 Å². The summed E-state index contributed by atoms with van der Waals surface area (Å²) in [5.74, 6) is 0. The molecule has 1 heterocycles. The lowest BCUT2D eigenvalue weighted by atomic mass is 10.5. The largest absolute Gasteiger partial charge is 0.360 e. The zero-order valence-corrected chi connectivity index (χ0v) is 8.26. The van der Waals surface area contributed by atoms with Crippen LogP contribution in [0.1, 0.15) is 13.3 Å². The van der Waals surface area contributed by atoms with Crippen LogP contribution in [-0.4, -0.2) is 22.2 Å². The lowest BCUT2D eigenvalue weighted by Gasteiger charge is -1.95. The van der Waals surface area contributed by atoms with Gasteiger partial charge in [-0.25, -0.2) is 0 Å². The molecule has 0 aliphatic carbocycles. The maximum atomic E-state index is 4.23. The zero-order valence-electron chi connectivity index (χ0n) is 6.63. The van der Waals surface area contributed by atoms with Crippen molar-refractivity contribution < 1.29 is 0 Å². The first-order valence-electron chi connectivity index (χ1n) is 3.48. The van der Waals surface area contributed by atoms with E-state index in [9.17, 15) is 0 Å². The third kappa shape index (κ3) is 2.67. The average molecular weight is 189 g/mol. The van der Waals surface area contributed by atoms with Gasteiger partial charge >= 0.3 is 0 Å². The number of hydrogen-bond acceptors (Lipinski definition) is 5. The molecule has 0 atom stereocenters. The van der Waals surface area contributed by atoms with Crippen LogP contribution < -0.4 is 5.32 Å². The van der Waals surface area contributed by atoms with Crippen LogP contribution >= 0.6 is 23.3 Å². The predicted molar refractivity (Wildman–Crippen MR) is 50.5 cm³/mol. The van der Waals surface area contributed by atoms with Gasteiger partial charge < -0.3 is 5.32 Å². The maximum Gasteiger partial charge on any atom is 0.203 e. The molecule has 0 bridgehead atoms. The Kier molecular flexibility index (Phi) is 3.65. The van der Waals surface area contributed by atoms with Crippen molar-refractivity contribution in [1.82, 2.24) is 9.36 Å². The molecule has 0 aliphatic heterocycles. The van der Waals surface area contributed by atoms with Crippen molar-refractivity contribution in [1.29, 1.82) is 0 Å². The minimum absolute atomic E-state index is 0.855. The molecule has 0 spiro atoms. The highest BCUT2D eigenvalue weighted by Gasteiger charge is 1.99. The van der Waals surface area contributed by atoms with Crippen LogP contribution in [0.4, 0.5) is 5.13 Å². The van der Waals surface area contributed by atoms with E-state index in [-0.39, 0.29) is 0 Å². The lowest BCUT2D eigenvalue weighted by Crippen LogP contribution is -1.98. The highest BCUT2D eigenvalue weighted by molar-refractivity contribution is 7.98. The number of aromatic nitrogens is 2. The van der Waals surface area contributed by atoms with E-state index in [2.05, 4.69) is 21.6 Å². The van der Waals surface area contributed by atoms with Gasteiger partial charge in [0.05, 0.1) is 0 Å². The van der Waals surface area contributed by atoms with Crippen LogP contribution in [0.25, 0.3) is 0 Å². The number of nitrogens with zero attached hydrogens (tertiary/aromatic N) is 2. The Morgan fingerprint density at radius 1 is 1.64 bits per heavy atom. The van der Waals surface area contributed by atoms with E-state index in [0.29, 0.717) is 0 Å². The van der Waals surface area contributed by atoms with Gasteiger partial charge in [-0.15, -0.1) is 0 Å². The Balaban J connectivity index is 2.44. The normalized spacial score (nSPS) is 10.0. The summed E-state index contributed by atoms with van der Waals surface area (Å²) in [6.45, 7) is 3.10. The first kappa shape index (κ1) is 8.80. The first-order valence-corrected chi connectivity index (χ1v) is 5.48. The summed E-state index contributed by atoms with van der Waals surface area (Å²) in [6, 6.07) is 0. The molecule has 0 aromatic carbocycles. The molecule has 0 radical (unpaired) electrons. The summed E-state index contributed by atoms with van der Waals surface area (Å²) >= 11 is 2.99. The highest BCUT2D eigenvalue weighted by atomic mass is 32.2. The Morgan fingerprint density at radius 3 is 3.00 bits per heavy atom. The SMILES string of the molecule is CCCNc1nc(SC)ns1. The summed E-state index contributed by atoms with van der Waals surface area (Å²) in [6.07, 6.45) is 3.10. The van der Waals surface area contributed by atoms with Crippen LogP contribution in [0, 0.1) is 0 Å². The molecule has 11 heavy (non-hydrogen) atoms. The van der Waals surface area contributed by atoms with Gasteiger partial charge in [-0.05, 0) is 12.7 Å². The molecule has 0 saturated heterocycles. The minimum atomic E-state index is 0.855. The van der Waals surface area contributed by atoms with Crippen molar-refractivity contribution in [3.63, 3.8) is 0 Å². The monoisotopic (exact) mass is 189 g/mol. The fourth-order valence-corrected chi connectivity index (χ4v) is 1.75. The van der Waals surface area contributed by atoms with Crippen LogP contribution in [0.3, 0.4) is 0 Å². The van der Waals surface area contributed by atoms with Crippen LogP contribution in [-0.2, 0) is 0 Å². The molecule has 62 valence electrons. The predicted octanol–water partition coefficient (Wildman–Crippen LogP) is 2.08. The molecule has 0 aliphatic rings. The molecule has 0 amide bonds. The zero-order chi connectivity index (χ0) is 8.10. The van der Waals surface area contributed by atoms with E-state index in [1.807, 2.05) is 6.26 Å². The average Bonchev–Trinajstić information content (AvgIpc) is 2.48. The number of thioether (sulfide) groups is 1. The van der Waals surface area contributed by atoms with Crippen molar-refractivity contribution in [2.75, 3.05) is 18.1 Å². The van der Waals surface area contributed by atoms with Gasteiger partial charge in [-0.1, -0.05) is 18.7 Å². The van der Waals surface area contributed by atoms with Gasteiger partial charge in [0.2, 0.25) is 10.3 Å². The molecule has 5 heteroatoms. The van der Waals surface area contributed by atoms with E-state index in [4.69, 9.17) is 0 Å². The Bertz CT molecular complexity index is 211. The van der Waals surface area contributed by atoms with Gasteiger partial charge in [0, 0.05) is 18.1 Å². The standard InChI is InChI=1S/C6H11N3S2/c1-3-4-7-5-8-6(10-2)9-11-5/h3-4H2,1-2H3,(H,7,8,9). The Hall–Kier alpha value is -0.290. The van der Waals surface area contributed by atoms with Crippen LogP contribution in [0.15, 0.2) is 5.16 Å². The molecule has 1 aromatic rings. The van der Waals surface area contributed by atoms with Crippen molar-refractivity contribution in [3.8, 4) is 0 Å². The fourth-order valence-electron chi connectivity index (χ4n) is 0.597. The molecule has 1 N–H and O–H groups in total. The quantitative estimate of drug-likeness (QED) is 0.736. The van der Waals surface area contributed by atoms with Gasteiger partial charge in [-0.3, -0.25) is 0 Å². The van der Waals surface area contributed by atoms with Gasteiger partial charge in [-0.2, -0.15) is 9.36 Å². The number of nitrogens with one attached hydrogen (secondary N) is 1. The fraction of sp³-hybridized carbons (Fsp3) is 0.667. The topological polar surface area (TPSA) is 37.8 Å². The molecule has 1 rings (SSSR count). The molecular formula is C6H11N3S2. The van der Waals surface area contributed by atoms with Crippen LogP contribution in [0.2, 0.25) is 0 Å². The molecule has 1 aromatic heterocycles. The Labute approximate surface area is 74.8 Å². The molecular weight excluding hydrogens is 178 g/mol. The van der Waals surface area contributed by atoms with E-state index in [1.165, 1.54) is 11.5 Å². The number of anilines is 1. The van der Waals surface area contributed by atoms with E-state index < -0.39 is 0 Å². The molecule has 0 saturated carbocycles. The first-order chi connectivity index (χ1) is 5.36. The van der Waals surface area contributed by atoms with Crippen molar-refractivity contribution >= 4 is 28.4 Å². The second-order valence-electron chi connectivity index (χ2n) is 2.01. The second-order valence-corrected chi connectivity index (χ2v) is 3.54. The minimum Gasteiger partial charge on any atom is -0.360 e. The number of hydrogen-bond donors (Lipinski definition) is 1. The summed E-state index contributed by atoms with van der Waals surface area (Å²) in [5, 5.41) is 4.96. The molecule has 3 nitrogen and oxygen atoms in total. The van der Waals surface area contributed by atoms with Crippen molar-refractivity contribution in [2.24, 2.45) is 0 Å². The smallest absolute Gasteiger partial charge is 0.203 e. The third-order valence-electron chi connectivity index (χ3n) is 1.12. The third-order valence-corrected chi connectivity index (χ3v) is 2.45. The maximum absolute atomic E-state index is 4.23. The number of rotatable bonds is 4. The summed E-state index contributed by atoms with van der Waals surface area (Å²) in [5.41, 5.74) is 0. The summed E-state index contributed by atoms with van der Waals surface area (Å²) in [7, 11) is 0. The summed E-state index contributed by atoms with van der Waals surface area (Å²) < 4.78 is 4.12. The van der Waals surface area contributed by atoms with Crippen LogP contribution in [0.5, 0.6) is 0 Å². The highest BCUT2D eigenvalue weighted by Crippen LogP contribution is 2.17. The van der Waals surface area contributed by atoms with Gasteiger partial charge in [0.15, 0.2) is 0 Å². The van der Waals surface area contributed by atoms with E-state index in [0.717, 1.165) is 23.3 Å². The van der Waals surface area contributed by atoms with Gasteiger partial charge in [0.1, 0.15) is 0 Å². The Morgan fingerprint density at radius 2 is 2.45 bits per heavy atom.